The molecule has 0 unspecified atom stereocenters. The van der Waals surface area contributed by atoms with Gasteiger partial charge in [-0.15, -0.1) is 0 Å². The highest BCUT2D eigenvalue weighted by molar-refractivity contribution is 14.1. The van der Waals surface area contributed by atoms with Gasteiger partial charge in [-0.05, 0) is 34.1 Å². The van der Waals surface area contributed by atoms with Crippen molar-refractivity contribution < 1.29 is 17.7 Å². The Labute approximate surface area is 116 Å². The van der Waals surface area contributed by atoms with Gasteiger partial charge in [0.2, 0.25) is 3.83 Å². The van der Waals surface area contributed by atoms with E-state index >= 15 is 0 Å². The van der Waals surface area contributed by atoms with Gasteiger partial charge in [0, 0.05) is 27.1 Å². The SMILES string of the molecule is FC(F)(F)c1ccc(Br)c(-c2nc(I)no2)c1. The second-order valence-corrected chi connectivity index (χ2v) is 4.88. The highest BCUT2D eigenvalue weighted by atomic mass is 127. The van der Waals surface area contributed by atoms with Gasteiger partial charge in [0.15, 0.2) is 0 Å². The summed E-state index contributed by atoms with van der Waals surface area (Å²) >= 11 is 4.96. The lowest BCUT2D eigenvalue weighted by Gasteiger charge is -2.08. The second kappa shape index (κ2) is 4.56. The summed E-state index contributed by atoms with van der Waals surface area (Å²) in [6.07, 6.45) is -4.40. The van der Waals surface area contributed by atoms with Crippen LogP contribution in [-0.4, -0.2) is 10.1 Å². The molecule has 2 aromatic rings. The molecule has 0 saturated carbocycles. The van der Waals surface area contributed by atoms with E-state index in [9.17, 15) is 13.2 Å². The normalized spacial score (nSPS) is 11.8. The van der Waals surface area contributed by atoms with Crippen LogP contribution in [0.15, 0.2) is 27.2 Å². The number of rotatable bonds is 1. The Morgan fingerprint density at radius 2 is 2.00 bits per heavy atom. The molecule has 3 nitrogen and oxygen atoms in total. The first kappa shape index (κ1) is 12.8. The monoisotopic (exact) mass is 418 g/mol. The summed E-state index contributed by atoms with van der Waals surface area (Å²) in [6, 6.07) is 3.25. The fourth-order valence-corrected chi connectivity index (χ4v) is 1.91. The van der Waals surface area contributed by atoms with Crippen LogP contribution in [0.4, 0.5) is 13.2 Å². The molecule has 0 aliphatic rings. The molecular formula is C9H3BrF3IN2O. The van der Waals surface area contributed by atoms with Gasteiger partial charge in [-0.2, -0.15) is 18.2 Å². The van der Waals surface area contributed by atoms with Gasteiger partial charge in [0.05, 0.1) is 11.1 Å². The molecule has 0 saturated heterocycles. The summed E-state index contributed by atoms with van der Waals surface area (Å²) in [5, 5.41) is 3.52. The lowest BCUT2D eigenvalue weighted by atomic mass is 10.1. The number of aromatic nitrogens is 2. The van der Waals surface area contributed by atoms with Crippen molar-refractivity contribution in [3.05, 3.63) is 32.1 Å². The van der Waals surface area contributed by atoms with Crippen molar-refractivity contribution in [3.8, 4) is 11.5 Å². The van der Waals surface area contributed by atoms with Crippen molar-refractivity contribution in [1.29, 1.82) is 0 Å². The number of alkyl halides is 3. The molecular weight excluding hydrogens is 416 g/mol. The largest absolute Gasteiger partial charge is 0.416 e. The van der Waals surface area contributed by atoms with E-state index in [1.807, 2.05) is 22.6 Å². The van der Waals surface area contributed by atoms with E-state index < -0.39 is 11.7 Å². The molecule has 0 amide bonds. The summed E-state index contributed by atoms with van der Waals surface area (Å²) in [7, 11) is 0. The predicted octanol–water partition coefficient (Wildman–Crippen LogP) is 4.12. The molecule has 0 bridgehead atoms. The van der Waals surface area contributed by atoms with Gasteiger partial charge in [-0.25, -0.2) is 0 Å². The zero-order chi connectivity index (χ0) is 12.6. The molecule has 1 aromatic heterocycles. The minimum absolute atomic E-state index is 0.0485. The van der Waals surface area contributed by atoms with Crippen LogP contribution in [-0.2, 0) is 6.18 Å². The third-order valence-corrected chi connectivity index (χ3v) is 3.06. The van der Waals surface area contributed by atoms with Gasteiger partial charge in [-0.3, -0.25) is 0 Å². The zero-order valence-electron chi connectivity index (χ0n) is 7.92. The van der Waals surface area contributed by atoms with Crippen LogP contribution in [0.5, 0.6) is 0 Å². The summed E-state index contributed by atoms with van der Waals surface area (Å²) < 4.78 is 43.2. The van der Waals surface area contributed by atoms with Crippen LogP contribution in [0.1, 0.15) is 5.56 Å². The van der Waals surface area contributed by atoms with Gasteiger partial charge in [-0.1, -0.05) is 5.16 Å². The molecule has 1 aromatic carbocycles. The lowest BCUT2D eigenvalue weighted by molar-refractivity contribution is -0.137. The Kier molecular flexibility index (Phi) is 3.43. The Morgan fingerprint density at radius 3 is 2.53 bits per heavy atom. The molecule has 0 atom stereocenters. The standard InChI is InChI=1S/C9H3BrF3IN2O/c10-6-2-1-4(9(11,12)13)3-5(6)7-15-8(14)16-17-7/h1-3H. The number of hydrogen-bond acceptors (Lipinski definition) is 3. The lowest BCUT2D eigenvalue weighted by Crippen LogP contribution is -2.04. The molecule has 2 rings (SSSR count). The molecule has 0 radical (unpaired) electrons. The first-order chi connectivity index (χ1) is 7.88. The maximum Gasteiger partial charge on any atom is 0.416 e. The fourth-order valence-electron chi connectivity index (χ4n) is 1.18. The van der Waals surface area contributed by atoms with E-state index in [-0.39, 0.29) is 11.5 Å². The highest BCUT2D eigenvalue weighted by Gasteiger charge is 2.31. The topological polar surface area (TPSA) is 38.9 Å². The second-order valence-electron chi connectivity index (χ2n) is 3.06. The molecule has 0 N–H and O–H groups in total. The molecule has 8 heteroatoms. The van der Waals surface area contributed by atoms with E-state index in [4.69, 9.17) is 4.52 Å². The van der Waals surface area contributed by atoms with Crippen molar-refractivity contribution in [2.45, 2.75) is 6.18 Å². The molecule has 1 heterocycles. The van der Waals surface area contributed by atoms with E-state index in [0.717, 1.165) is 12.1 Å². The number of nitrogens with zero attached hydrogens (tertiary/aromatic N) is 2. The highest BCUT2D eigenvalue weighted by Crippen LogP contribution is 2.35. The minimum Gasteiger partial charge on any atom is -0.333 e. The Bertz CT molecular complexity index is 555. The molecule has 0 aliphatic carbocycles. The Hall–Kier alpha value is -0.640. The molecule has 90 valence electrons. The summed E-state index contributed by atoms with van der Waals surface area (Å²) in [5.41, 5.74) is -0.542. The van der Waals surface area contributed by atoms with E-state index in [2.05, 4.69) is 26.1 Å². The average Bonchev–Trinajstić information content (AvgIpc) is 2.63. The van der Waals surface area contributed by atoms with Gasteiger partial charge >= 0.3 is 6.18 Å². The van der Waals surface area contributed by atoms with Crippen LogP contribution in [0.25, 0.3) is 11.5 Å². The van der Waals surface area contributed by atoms with Crippen LogP contribution >= 0.6 is 38.5 Å². The quantitative estimate of drug-likeness (QED) is 0.654. The molecule has 0 aliphatic heterocycles. The van der Waals surface area contributed by atoms with E-state index in [1.54, 1.807) is 0 Å². The summed E-state index contributed by atoms with van der Waals surface area (Å²) in [6.45, 7) is 0. The van der Waals surface area contributed by atoms with E-state index in [0.29, 0.717) is 8.30 Å². The first-order valence-electron chi connectivity index (χ1n) is 4.24. The zero-order valence-corrected chi connectivity index (χ0v) is 11.7. The van der Waals surface area contributed by atoms with Crippen molar-refractivity contribution >= 4 is 38.5 Å². The fraction of sp³-hybridized carbons (Fsp3) is 0.111. The number of hydrogen-bond donors (Lipinski definition) is 0. The van der Waals surface area contributed by atoms with Crippen LogP contribution < -0.4 is 0 Å². The van der Waals surface area contributed by atoms with Crippen molar-refractivity contribution in [1.82, 2.24) is 10.1 Å². The minimum atomic E-state index is -4.40. The Morgan fingerprint density at radius 1 is 1.29 bits per heavy atom. The van der Waals surface area contributed by atoms with Gasteiger partial charge < -0.3 is 4.52 Å². The first-order valence-corrected chi connectivity index (χ1v) is 6.11. The van der Waals surface area contributed by atoms with Gasteiger partial charge in [0.25, 0.3) is 5.89 Å². The Balaban J connectivity index is 2.54. The van der Waals surface area contributed by atoms with Crippen molar-refractivity contribution in [3.63, 3.8) is 0 Å². The number of halogens is 5. The maximum absolute atomic E-state index is 12.5. The number of benzene rings is 1. The molecule has 0 fully saturated rings. The molecule has 0 spiro atoms. The maximum atomic E-state index is 12.5. The van der Waals surface area contributed by atoms with Gasteiger partial charge in [0.1, 0.15) is 0 Å². The third-order valence-electron chi connectivity index (χ3n) is 1.93. The summed E-state index contributed by atoms with van der Waals surface area (Å²) in [4.78, 5) is 3.88. The third kappa shape index (κ3) is 2.79. The smallest absolute Gasteiger partial charge is 0.333 e. The van der Waals surface area contributed by atoms with Crippen molar-refractivity contribution in [2.24, 2.45) is 0 Å². The predicted molar refractivity (Wildman–Crippen MR) is 65.2 cm³/mol. The summed E-state index contributed by atoms with van der Waals surface area (Å²) in [5.74, 6) is 0.0485. The average molecular weight is 419 g/mol. The van der Waals surface area contributed by atoms with Crippen LogP contribution in [0, 0.1) is 3.83 Å². The van der Waals surface area contributed by atoms with Crippen LogP contribution in [0.2, 0.25) is 0 Å². The molecule has 17 heavy (non-hydrogen) atoms. The van der Waals surface area contributed by atoms with Crippen molar-refractivity contribution in [2.75, 3.05) is 0 Å². The van der Waals surface area contributed by atoms with E-state index in [1.165, 1.54) is 6.07 Å². The van der Waals surface area contributed by atoms with Crippen LogP contribution in [0.3, 0.4) is 0 Å².